The van der Waals surface area contributed by atoms with Crippen molar-refractivity contribution >= 4 is 33.2 Å². The lowest BCUT2D eigenvalue weighted by Crippen LogP contribution is -2.03. The molecule has 0 saturated heterocycles. The Bertz CT molecular complexity index is 1170. The monoisotopic (exact) mass is 378 g/mol. The quantitative estimate of drug-likeness (QED) is 0.500. The molecule has 27 heavy (non-hydrogen) atoms. The van der Waals surface area contributed by atoms with Gasteiger partial charge in [-0.05, 0) is 37.3 Å². The number of carbonyl (C=O) groups excluding carboxylic acids is 1. The van der Waals surface area contributed by atoms with Crippen LogP contribution < -0.4 is 0 Å². The highest BCUT2D eigenvalue weighted by atomic mass is 32.1. The summed E-state index contributed by atoms with van der Waals surface area (Å²) in [7, 11) is 0. The van der Waals surface area contributed by atoms with Gasteiger partial charge in [0, 0.05) is 5.92 Å². The summed E-state index contributed by atoms with van der Waals surface area (Å²) in [6.45, 7) is 4.08. The van der Waals surface area contributed by atoms with E-state index in [1.165, 1.54) is 16.9 Å². The first kappa shape index (κ1) is 16.4. The summed E-state index contributed by atoms with van der Waals surface area (Å²) in [5.74, 6) is 1.36. The van der Waals surface area contributed by atoms with Crippen molar-refractivity contribution in [1.82, 2.24) is 19.6 Å². The number of fused-ring (bicyclic) bond motifs is 3. The Morgan fingerprint density at radius 2 is 2.11 bits per heavy atom. The molecule has 0 bridgehead atoms. The van der Waals surface area contributed by atoms with E-state index < -0.39 is 0 Å². The third-order valence-corrected chi connectivity index (χ3v) is 6.27. The Hall–Kier alpha value is -2.80. The van der Waals surface area contributed by atoms with Gasteiger partial charge in [-0.2, -0.15) is 0 Å². The maximum atomic E-state index is 12.2. The maximum absolute atomic E-state index is 12.2. The first-order valence-corrected chi connectivity index (χ1v) is 9.85. The van der Waals surface area contributed by atoms with Gasteiger partial charge in [0.2, 0.25) is 0 Å². The molecule has 6 nitrogen and oxygen atoms in total. The highest BCUT2D eigenvalue weighted by Gasteiger charge is 2.42. The van der Waals surface area contributed by atoms with E-state index in [0.29, 0.717) is 23.3 Å². The first-order chi connectivity index (χ1) is 13.2. The van der Waals surface area contributed by atoms with Gasteiger partial charge in [0.05, 0.1) is 12.0 Å². The van der Waals surface area contributed by atoms with Gasteiger partial charge < -0.3 is 4.74 Å². The Morgan fingerprint density at radius 1 is 1.30 bits per heavy atom. The fourth-order valence-corrected chi connectivity index (χ4v) is 4.68. The predicted octanol–water partition coefficient (Wildman–Crippen LogP) is 4.10. The molecule has 1 saturated carbocycles. The fourth-order valence-electron chi connectivity index (χ4n) is 3.65. The van der Waals surface area contributed by atoms with Gasteiger partial charge in [-0.25, -0.2) is 19.3 Å². The predicted molar refractivity (Wildman–Crippen MR) is 103 cm³/mol. The topological polar surface area (TPSA) is 69.4 Å². The standard InChI is InChI=1S/C20H18N4O2S/c1-3-26-20(25)16-11(2)15-18-22-17(23-24(18)10-21-19(15)27-16)14-9-13(14)12-7-5-4-6-8-12/h4-8,10,13-14H,3,9H2,1-2H3. The van der Waals surface area contributed by atoms with Gasteiger partial charge in [-0.15, -0.1) is 16.4 Å². The lowest BCUT2D eigenvalue weighted by atomic mass is 10.1. The number of nitrogens with zero attached hydrogens (tertiary/aromatic N) is 4. The summed E-state index contributed by atoms with van der Waals surface area (Å²) >= 11 is 1.35. The molecule has 1 aliphatic rings. The Kier molecular flexibility index (Phi) is 3.72. The number of aromatic nitrogens is 4. The van der Waals surface area contributed by atoms with Crippen LogP contribution in [0.4, 0.5) is 0 Å². The fraction of sp³-hybridized carbons (Fsp3) is 0.300. The number of aryl methyl sites for hydroxylation is 1. The first-order valence-electron chi connectivity index (χ1n) is 9.03. The molecule has 0 amide bonds. The minimum Gasteiger partial charge on any atom is -0.462 e. The van der Waals surface area contributed by atoms with Crippen molar-refractivity contribution in [1.29, 1.82) is 0 Å². The second-order valence-electron chi connectivity index (χ2n) is 6.80. The van der Waals surface area contributed by atoms with Crippen LogP contribution in [0.5, 0.6) is 0 Å². The molecule has 2 unspecified atom stereocenters. The molecule has 4 aromatic rings. The van der Waals surface area contributed by atoms with E-state index in [9.17, 15) is 4.79 Å². The molecule has 0 spiro atoms. The number of rotatable bonds is 4. The molecule has 0 radical (unpaired) electrons. The number of esters is 1. The van der Waals surface area contributed by atoms with E-state index in [2.05, 4.69) is 34.3 Å². The van der Waals surface area contributed by atoms with Crippen molar-refractivity contribution in [2.75, 3.05) is 6.61 Å². The van der Waals surface area contributed by atoms with Gasteiger partial charge in [0.1, 0.15) is 16.0 Å². The molecular weight excluding hydrogens is 360 g/mol. The summed E-state index contributed by atoms with van der Waals surface area (Å²) in [6.07, 6.45) is 2.74. The Labute approximate surface area is 159 Å². The van der Waals surface area contributed by atoms with Crippen LogP contribution in [0.25, 0.3) is 15.9 Å². The minimum atomic E-state index is -0.303. The molecule has 3 heterocycles. The zero-order chi connectivity index (χ0) is 18.5. The Morgan fingerprint density at radius 3 is 2.89 bits per heavy atom. The van der Waals surface area contributed by atoms with E-state index in [1.54, 1.807) is 17.8 Å². The number of thiophene rings is 1. The molecular formula is C20H18N4O2S. The van der Waals surface area contributed by atoms with Crippen LogP contribution >= 0.6 is 11.3 Å². The van der Waals surface area contributed by atoms with Gasteiger partial charge in [-0.3, -0.25) is 0 Å². The third-order valence-electron chi connectivity index (χ3n) is 5.09. The molecule has 1 aromatic carbocycles. The van der Waals surface area contributed by atoms with Crippen LogP contribution in [-0.4, -0.2) is 32.2 Å². The molecule has 1 fully saturated rings. The molecule has 136 valence electrons. The van der Waals surface area contributed by atoms with Gasteiger partial charge in [-0.1, -0.05) is 30.3 Å². The average Bonchev–Trinajstić information content (AvgIpc) is 3.25. The zero-order valence-electron chi connectivity index (χ0n) is 15.0. The van der Waals surface area contributed by atoms with Crippen molar-refractivity contribution in [3.8, 4) is 0 Å². The summed E-state index contributed by atoms with van der Waals surface area (Å²) in [4.78, 5) is 22.9. The van der Waals surface area contributed by atoms with E-state index in [0.717, 1.165) is 33.7 Å². The number of carbonyl (C=O) groups is 1. The van der Waals surface area contributed by atoms with Gasteiger partial charge in [0.15, 0.2) is 11.5 Å². The third kappa shape index (κ3) is 2.61. The summed E-state index contributed by atoms with van der Waals surface area (Å²) in [5.41, 5.74) is 2.96. The second-order valence-corrected chi connectivity index (χ2v) is 7.80. The van der Waals surface area contributed by atoms with Crippen molar-refractivity contribution in [2.24, 2.45) is 0 Å². The molecule has 7 heteroatoms. The molecule has 0 N–H and O–H groups in total. The average molecular weight is 378 g/mol. The van der Waals surface area contributed by atoms with Crippen molar-refractivity contribution < 1.29 is 9.53 Å². The molecule has 3 aromatic heterocycles. The molecule has 2 atom stereocenters. The highest BCUT2D eigenvalue weighted by molar-refractivity contribution is 7.20. The van der Waals surface area contributed by atoms with Gasteiger partial charge >= 0.3 is 5.97 Å². The number of hydrogen-bond donors (Lipinski definition) is 0. The summed E-state index contributed by atoms with van der Waals surface area (Å²) in [5, 5.41) is 5.55. The molecule has 0 aliphatic heterocycles. The highest BCUT2D eigenvalue weighted by Crippen LogP contribution is 2.53. The van der Waals surface area contributed by atoms with Crippen LogP contribution in [0.3, 0.4) is 0 Å². The maximum Gasteiger partial charge on any atom is 0.348 e. The van der Waals surface area contributed by atoms with Crippen LogP contribution in [0.15, 0.2) is 36.7 Å². The molecule has 5 rings (SSSR count). The lowest BCUT2D eigenvalue weighted by molar-refractivity contribution is 0.0531. The smallest absolute Gasteiger partial charge is 0.348 e. The Balaban J connectivity index is 1.56. The SMILES string of the molecule is CCOC(=O)c1sc2ncn3nc(C4CC4c4ccccc4)nc3c2c1C. The normalized spacial score (nSPS) is 18.9. The largest absolute Gasteiger partial charge is 0.462 e. The van der Waals surface area contributed by atoms with Crippen LogP contribution in [-0.2, 0) is 4.74 Å². The van der Waals surface area contributed by atoms with E-state index >= 15 is 0 Å². The molecule has 1 aliphatic carbocycles. The van der Waals surface area contributed by atoms with Crippen molar-refractivity contribution in [3.63, 3.8) is 0 Å². The number of hydrogen-bond acceptors (Lipinski definition) is 6. The van der Waals surface area contributed by atoms with Crippen LogP contribution in [0.1, 0.15) is 51.8 Å². The van der Waals surface area contributed by atoms with Crippen LogP contribution in [0, 0.1) is 6.92 Å². The van der Waals surface area contributed by atoms with E-state index in [4.69, 9.17) is 9.72 Å². The summed E-state index contributed by atoms with van der Waals surface area (Å²) < 4.78 is 6.90. The van der Waals surface area contributed by atoms with E-state index in [-0.39, 0.29) is 5.97 Å². The van der Waals surface area contributed by atoms with E-state index in [1.807, 2.05) is 13.0 Å². The van der Waals surface area contributed by atoms with Crippen molar-refractivity contribution in [2.45, 2.75) is 32.1 Å². The van der Waals surface area contributed by atoms with Crippen LogP contribution in [0.2, 0.25) is 0 Å². The number of benzene rings is 1. The minimum absolute atomic E-state index is 0.303. The van der Waals surface area contributed by atoms with Crippen molar-refractivity contribution in [3.05, 3.63) is 58.5 Å². The summed E-state index contributed by atoms with van der Waals surface area (Å²) in [6, 6.07) is 10.5. The number of ether oxygens (including phenoxy) is 1. The lowest BCUT2D eigenvalue weighted by Gasteiger charge is -1.99. The zero-order valence-corrected chi connectivity index (χ0v) is 15.9. The second kappa shape index (κ2) is 6.13. The van der Waals surface area contributed by atoms with Gasteiger partial charge in [0.25, 0.3) is 0 Å².